The summed E-state index contributed by atoms with van der Waals surface area (Å²) < 4.78 is 46.0. The Morgan fingerprint density at radius 2 is 2.10 bits per heavy atom. The van der Waals surface area contributed by atoms with Crippen LogP contribution in [-0.4, -0.2) is 30.1 Å². The maximum atomic E-state index is 11.9. The minimum atomic E-state index is -4.33. The number of hydrogen-bond acceptors (Lipinski definition) is 3. The molecule has 1 aliphatic rings. The van der Waals surface area contributed by atoms with E-state index in [1.54, 1.807) is 12.1 Å². The summed E-state index contributed by atoms with van der Waals surface area (Å²) in [6.07, 6.45) is -4.30. The number of benzene rings is 1. The minimum Gasteiger partial charge on any atom is -0.487 e. The Morgan fingerprint density at radius 3 is 2.76 bits per heavy atom. The number of aliphatic hydroxyl groups is 1. The first-order chi connectivity index (χ1) is 9.66. The van der Waals surface area contributed by atoms with Crippen molar-refractivity contribution < 1.29 is 27.8 Å². The summed E-state index contributed by atoms with van der Waals surface area (Å²) in [5, 5.41) is 10.0. The lowest BCUT2D eigenvalue weighted by atomic mass is 9.98. The zero-order valence-corrected chi connectivity index (χ0v) is 12.0. The normalized spacial score (nSPS) is 18.2. The number of ether oxygens (including phenoxy) is 2. The van der Waals surface area contributed by atoms with Crippen LogP contribution in [0.3, 0.4) is 0 Å². The van der Waals surface area contributed by atoms with Gasteiger partial charge in [0.05, 0.1) is 6.10 Å². The van der Waals surface area contributed by atoms with Gasteiger partial charge < -0.3 is 14.6 Å². The van der Waals surface area contributed by atoms with Crippen LogP contribution in [0, 0.1) is 0 Å². The molecular formula is C15H19F3O3. The highest BCUT2D eigenvalue weighted by atomic mass is 19.4. The number of hydrogen-bond donors (Lipinski definition) is 1. The number of rotatable bonds is 5. The summed E-state index contributed by atoms with van der Waals surface area (Å²) in [6.45, 7) is 2.54. The van der Waals surface area contributed by atoms with E-state index >= 15 is 0 Å². The largest absolute Gasteiger partial charge is 0.487 e. The predicted octanol–water partition coefficient (Wildman–Crippen LogP) is 3.40. The maximum absolute atomic E-state index is 11.9. The lowest BCUT2D eigenvalue weighted by Gasteiger charge is -2.16. The van der Waals surface area contributed by atoms with Crippen LogP contribution in [0.25, 0.3) is 0 Å². The number of aliphatic hydroxyl groups excluding tert-OH is 1. The standard InChI is InChI=1S/C15H19F3O3/c1-14(2)8-11-7-10(3-4-13(11)21-14)12(19)5-6-20-9-15(16,17)18/h3-4,7,12,19H,5-6,8-9H2,1-2H3. The molecule has 0 aromatic heterocycles. The summed E-state index contributed by atoms with van der Waals surface area (Å²) in [5.74, 6) is 0.796. The molecule has 0 spiro atoms. The molecule has 1 heterocycles. The average Bonchev–Trinajstić information content (AvgIpc) is 2.65. The van der Waals surface area contributed by atoms with Gasteiger partial charge in [-0.3, -0.25) is 0 Å². The second kappa shape index (κ2) is 5.85. The summed E-state index contributed by atoms with van der Waals surface area (Å²) in [7, 11) is 0. The number of alkyl halides is 3. The molecule has 1 aromatic rings. The van der Waals surface area contributed by atoms with Gasteiger partial charge in [-0.15, -0.1) is 0 Å². The molecule has 0 bridgehead atoms. The Morgan fingerprint density at radius 1 is 1.38 bits per heavy atom. The molecule has 3 nitrogen and oxygen atoms in total. The second-order valence-corrected chi connectivity index (χ2v) is 5.88. The van der Waals surface area contributed by atoms with Crippen LogP contribution in [-0.2, 0) is 11.2 Å². The van der Waals surface area contributed by atoms with Crippen LogP contribution in [0.5, 0.6) is 5.75 Å². The van der Waals surface area contributed by atoms with Crippen LogP contribution < -0.4 is 4.74 Å². The van der Waals surface area contributed by atoms with E-state index in [-0.39, 0.29) is 18.6 Å². The molecule has 118 valence electrons. The third-order valence-electron chi connectivity index (χ3n) is 3.27. The van der Waals surface area contributed by atoms with Gasteiger partial charge in [-0.05, 0) is 37.1 Å². The first-order valence-corrected chi connectivity index (χ1v) is 6.81. The molecule has 0 aliphatic carbocycles. The highest BCUT2D eigenvalue weighted by Crippen LogP contribution is 2.36. The van der Waals surface area contributed by atoms with Crippen molar-refractivity contribution in [3.8, 4) is 5.75 Å². The average molecular weight is 304 g/mol. The van der Waals surface area contributed by atoms with E-state index in [2.05, 4.69) is 4.74 Å². The van der Waals surface area contributed by atoms with Crippen molar-refractivity contribution in [2.75, 3.05) is 13.2 Å². The third kappa shape index (κ3) is 4.61. The van der Waals surface area contributed by atoms with Crippen molar-refractivity contribution in [2.45, 2.75) is 44.6 Å². The van der Waals surface area contributed by atoms with Crippen molar-refractivity contribution in [1.82, 2.24) is 0 Å². The van der Waals surface area contributed by atoms with Crippen LogP contribution in [0.4, 0.5) is 13.2 Å². The molecule has 0 fully saturated rings. The van der Waals surface area contributed by atoms with Crippen LogP contribution in [0.1, 0.15) is 37.5 Å². The molecule has 0 amide bonds. The van der Waals surface area contributed by atoms with Gasteiger partial charge in [0.1, 0.15) is 18.0 Å². The Labute approximate surface area is 121 Å². The number of halogens is 3. The smallest absolute Gasteiger partial charge is 0.411 e. The van der Waals surface area contributed by atoms with Gasteiger partial charge in [0.2, 0.25) is 0 Å². The summed E-state index contributed by atoms with van der Waals surface area (Å²) in [6, 6.07) is 5.37. The molecule has 0 radical (unpaired) electrons. The van der Waals surface area contributed by atoms with Gasteiger partial charge in [-0.1, -0.05) is 6.07 Å². The van der Waals surface area contributed by atoms with E-state index in [9.17, 15) is 18.3 Å². The predicted molar refractivity (Wildman–Crippen MR) is 71.3 cm³/mol. The zero-order chi connectivity index (χ0) is 15.7. The first-order valence-electron chi connectivity index (χ1n) is 6.81. The van der Waals surface area contributed by atoms with E-state index in [1.807, 2.05) is 19.9 Å². The van der Waals surface area contributed by atoms with E-state index in [0.29, 0.717) is 5.56 Å². The monoisotopic (exact) mass is 304 g/mol. The highest BCUT2D eigenvalue weighted by Gasteiger charge is 2.30. The quantitative estimate of drug-likeness (QED) is 0.847. The summed E-state index contributed by atoms with van der Waals surface area (Å²) in [4.78, 5) is 0. The van der Waals surface area contributed by atoms with Crippen LogP contribution in [0.2, 0.25) is 0 Å². The summed E-state index contributed by atoms with van der Waals surface area (Å²) in [5.41, 5.74) is 1.42. The highest BCUT2D eigenvalue weighted by molar-refractivity contribution is 5.42. The van der Waals surface area contributed by atoms with Gasteiger partial charge in [0, 0.05) is 19.4 Å². The van der Waals surface area contributed by atoms with Crippen molar-refractivity contribution in [3.63, 3.8) is 0 Å². The second-order valence-electron chi connectivity index (χ2n) is 5.88. The molecular weight excluding hydrogens is 285 g/mol. The molecule has 1 aliphatic heterocycles. The SMILES string of the molecule is CC1(C)Cc2cc(C(O)CCOCC(F)(F)F)ccc2O1. The summed E-state index contributed by atoms with van der Waals surface area (Å²) >= 11 is 0. The molecule has 1 aromatic carbocycles. The Bertz CT molecular complexity index is 497. The van der Waals surface area contributed by atoms with Gasteiger partial charge >= 0.3 is 6.18 Å². The lowest BCUT2D eigenvalue weighted by molar-refractivity contribution is -0.175. The molecule has 0 saturated heterocycles. The molecule has 1 N–H and O–H groups in total. The van der Waals surface area contributed by atoms with Gasteiger partial charge in [0.15, 0.2) is 0 Å². The maximum Gasteiger partial charge on any atom is 0.411 e. The minimum absolute atomic E-state index is 0.124. The fourth-order valence-corrected chi connectivity index (χ4v) is 2.39. The Balaban J connectivity index is 1.88. The van der Waals surface area contributed by atoms with E-state index in [1.165, 1.54) is 0 Å². The molecule has 1 atom stereocenters. The Hall–Kier alpha value is -1.27. The van der Waals surface area contributed by atoms with E-state index in [0.717, 1.165) is 17.7 Å². The molecule has 1 unspecified atom stereocenters. The van der Waals surface area contributed by atoms with Crippen molar-refractivity contribution in [1.29, 1.82) is 0 Å². The van der Waals surface area contributed by atoms with Crippen LogP contribution >= 0.6 is 0 Å². The van der Waals surface area contributed by atoms with Gasteiger partial charge in [0.25, 0.3) is 0 Å². The molecule has 0 saturated carbocycles. The van der Waals surface area contributed by atoms with Gasteiger partial charge in [-0.25, -0.2) is 0 Å². The van der Waals surface area contributed by atoms with Crippen molar-refractivity contribution in [2.24, 2.45) is 0 Å². The fraction of sp³-hybridized carbons (Fsp3) is 0.600. The molecule has 2 rings (SSSR count). The fourth-order valence-electron chi connectivity index (χ4n) is 2.39. The van der Waals surface area contributed by atoms with E-state index < -0.39 is 18.9 Å². The van der Waals surface area contributed by atoms with Crippen LogP contribution in [0.15, 0.2) is 18.2 Å². The lowest BCUT2D eigenvalue weighted by Crippen LogP contribution is -2.24. The van der Waals surface area contributed by atoms with Crippen molar-refractivity contribution >= 4 is 0 Å². The molecule has 21 heavy (non-hydrogen) atoms. The van der Waals surface area contributed by atoms with E-state index in [4.69, 9.17) is 4.74 Å². The topological polar surface area (TPSA) is 38.7 Å². The molecule has 6 heteroatoms. The Kier molecular flexibility index (Phi) is 4.49. The zero-order valence-electron chi connectivity index (χ0n) is 12.0. The van der Waals surface area contributed by atoms with Crippen molar-refractivity contribution in [3.05, 3.63) is 29.3 Å². The van der Waals surface area contributed by atoms with Gasteiger partial charge in [-0.2, -0.15) is 13.2 Å². The number of fused-ring (bicyclic) bond motifs is 1. The first kappa shape index (κ1) is 16.1. The third-order valence-corrected chi connectivity index (χ3v) is 3.27.